The van der Waals surface area contributed by atoms with E-state index in [4.69, 9.17) is 0 Å². The molecule has 1 aliphatic carbocycles. The number of anilines is 2. The average Bonchev–Trinajstić information content (AvgIpc) is 2.72. The van der Waals surface area contributed by atoms with Gasteiger partial charge in [-0.1, -0.05) is 18.9 Å². The molecule has 1 aromatic rings. The maximum Gasteiger partial charge on any atom is 0.337 e. The molecule has 0 aromatic heterocycles. The van der Waals surface area contributed by atoms with Crippen molar-refractivity contribution in [2.24, 2.45) is 0 Å². The molecular weight excluding hydrogens is 244 g/mol. The normalized spacial score (nSPS) is 20.3. The number of benzene rings is 1. The van der Waals surface area contributed by atoms with Crippen LogP contribution < -0.4 is 10.6 Å². The molecule has 1 amide bonds. The molecule has 5 nitrogen and oxygen atoms in total. The molecule has 3 rings (SSSR count). The monoisotopic (exact) mass is 260 g/mol. The van der Waals surface area contributed by atoms with Crippen LogP contribution in [-0.2, 0) is 4.79 Å². The lowest BCUT2D eigenvalue weighted by Gasteiger charge is -2.28. The van der Waals surface area contributed by atoms with Gasteiger partial charge in [-0.3, -0.25) is 4.79 Å². The van der Waals surface area contributed by atoms with Crippen LogP contribution >= 0.6 is 0 Å². The molecule has 1 aliphatic heterocycles. The lowest BCUT2D eigenvalue weighted by Crippen LogP contribution is -2.36. The van der Waals surface area contributed by atoms with Crippen LogP contribution in [-0.4, -0.2) is 22.5 Å². The molecule has 3 N–H and O–H groups in total. The third-order valence-corrected chi connectivity index (χ3v) is 4.02. The second-order valence-corrected chi connectivity index (χ2v) is 5.37. The van der Waals surface area contributed by atoms with E-state index in [-0.39, 0.29) is 17.0 Å². The van der Waals surface area contributed by atoms with Gasteiger partial charge in [-0.25, -0.2) is 4.79 Å². The van der Waals surface area contributed by atoms with Gasteiger partial charge in [0.05, 0.1) is 16.9 Å². The molecule has 1 spiro atoms. The van der Waals surface area contributed by atoms with Crippen molar-refractivity contribution in [3.05, 3.63) is 23.8 Å². The SMILES string of the molecule is O=C1CC2(CCCC2)Nc2cccc(C(=O)O)c2N1. The minimum Gasteiger partial charge on any atom is -0.478 e. The molecule has 1 aromatic carbocycles. The van der Waals surface area contributed by atoms with E-state index in [0.29, 0.717) is 17.8 Å². The lowest BCUT2D eigenvalue weighted by atomic mass is 9.93. The Balaban J connectivity index is 2.07. The standard InChI is InChI=1S/C14H16N2O3/c17-11-8-14(6-1-2-7-14)16-10-5-3-4-9(13(18)19)12(10)15-11/h3-5,16H,1-2,6-8H2,(H,15,17)(H,18,19). The van der Waals surface area contributed by atoms with Gasteiger partial charge in [-0.15, -0.1) is 0 Å². The van der Waals surface area contributed by atoms with Gasteiger partial charge in [0.2, 0.25) is 5.91 Å². The van der Waals surface area contributed by atoms with Gasteiger partial charge in [-0.05, 0) is 25.0 Å². The van der Waals surface area contributed by atoms with Crippen LogP contribution in [0.1, 0.15) is 42.5 Å². The first-order chi connectivity index (χ1) is 9.10. The highest BCUT2D eigenvalue weighted by Crippen LogP contribution is 2.41. The Morgan fingerprint density at radius 2 is 2.00 bits per heavy atom. The molecule has 0 bridgehead atoms. The molecule has 2 aliphatic rings. The maximum atomic E-state index is 12.0. The minimum atomic E-state index is -1.03. The number of rotatable bonds is 1. The zero-order valence-electron chi connectivity index (χ0n) is 10.5. The van der Waals surface area contributed by atoms with E-state index in [1.165, 1.54) is 6.07 Å². The number of amides is 1. The topological polar surface area (TPSA) is 78.4 Å². The van der Waals surface area contributed by atoms with Crippen molar-refractivity contribution >= 4 is 23.3 Å². The van der Waals surface area contributed by atoms with Crippen molar-refractivity contribution in [1.82, 2.24) is 0 Å². The van der Waals surface area contributed by atoms with E-state index in [1.807, 2.05) is 6.07 Å². The summed E-state index contributed by atoms with van der Waals surface area (Å²) < 4.78 is 0. The second-order valence-electron chi connectivity index (χ2n) is 5.37. The predicted molar refractivity (Wildman–Crippen MR) is 71.5 cm³/mol. The van der Waals surface area contributed by atoms with Gasteiger partial charge < -0.3 is 15.7 Å². The number of fused-ring (bicyclic) bond motifs is 1. The Bertz CT molecular complexity index is 548. The molecule has 100 valence electrons. The summed E-state index contributed by atoms with van der Waals surface area (Å²) in [5.41, 5.74) is 1.04. The molecule has 0 radical (unpaired) electrons. The molecule has 19 heavy (non-hydrogen) atoms. The highest BCUT2D eigenvalue weighted by molar-refractivity contribution is 6.05. The van der Waals surface area contributed by atoms with Crippen LogP contribution in [0.15, 0.2) is 18.2 Å². The van der Waals surface area contributed by atoms with Crippen LogP contribution in [0.5, 0.6) is 0 Å². The summed E-state index contributed by atoms with van der Waals surface area (Å²) in [5, 5.41) is 15.4. The fourth-order valence-corrected chi connectivity index (χ4v) is 3.14. The Morgan fingerprint density at radius 1 is 1.26 bits per heavy atom. The quantitative estimate of drug-likeness (QED) is 0.724. The van der Waals surface area contributed by atoms with Crippen molar-refractivity contribution in [1.29, 1.82) is 0 Å². The number of hydrogen-bond acceptors (Lipinski definition) is 3. The fourth-order valence-electron chi connectivity index (χ4n) is 3.14. The summed E-state index contributed by atoms with van der Waals surface area (Å²) in [6.45, 7) is 0. The van der Waals surface area contributed by atoms with E-state index >= 15 is 0 Å². The first-order valence-corrected chi connectivity index (χ1v) is 6.54. The lowest BCUT2D eigenvalue weighted by molar-refractivity contribution is -0.117. The van der Waals surface area contributed by atoms with E-state index in [0.717, 1.165) is 25.7 Å². The molecule has 5 heteroatoms. The van der Waals surface area contributed by atoms with Crippen LogP contribution in [0, 0.1) is 0 Å². The van der Waals surface area contributed by atoms with E-state index in [9.17, 15) is 14.7 Å². The third-order valence-electron chi connectivity index (χ3n) is 4.02. The first kappa shape index (κ1) is 12.0. The zero-order valence-corrected chi connectivity index (χ0v) is 10.5. The smallest absolute Gasteiger partial charge is 0.337 e. The number of aromatic carboxylic acids is 1. The Hall–Kier alpha value is -2.04. The summed E-state index contributed by atoms with van der Waals surface area (Å²) in [6.07, 6.45) is 4.53. The molecule has 0 saturated heterocycles. The van der Waals surface area contributed by atoms with Crippen molar-refractivity contribution in [2.45, 2.75) is 37.6 Å². The summed E-state index contributed by atoms with van der Waals surface area (Å²) in [5.74, 6) is -1.14. The Kier molecular flexibility index (Phi) is 2.69. The molecule has 1 fully saturated rings. The Morgan fingerprint density at radius 3 is 2.68 bits per heavy atom. The number of carbonyl (C=O) groups is 2. The average molecular weight is 260 g/mol. The molecule has 1 heterocycles. The Labute approximate surface area is 111 Å². The van der Waals surface area contributed by atoms with Crippen molar-refractivity contribution < 1.29 is 14.7 Å². The molecule has 0 unspecified atom stereocenters. The van der Waals surface area contributed by atoms with Crippen LogP contribution in [0.4, 0.5) is 11.4 Å². The molecule has 0 atom stereocenters. The number of carboxylic acid groups (broad SMARTS) is 1. The number of carbonyl (C=O) groups excluding carboxylic acids is 1. The van der Waals surface area contributed by atoms with Crippen LogP contribution in [0.25, 0.3) is 0 Å². The first-order valence-electron chi connectivity index (χ1n) is 6.54. The van der Waals surface area contributed by atoms with Crippen molar-refractivity contribution in [2.75, 3.05) is 10.6 Å². The van der Waals surface area contributed by atoms with Crippen molar-refractivity contribution in [3.63, 3.8) is 0 Å². The van der Waals surface area contributed by atoms with Gasteiger partial charge in [0.1, 0.15) is 0 Å². The molecular formula is C14H16N2O3. The highest BCUT2D eigenvalue weighted by atomic mass is 16.4. The highest BCUT2D eigenvalue weighted by Gasteiger charge is 2.39. The number of carboxylic acids is 1. The van der Waals surface area contributed by atoms with Crippen LogP contribution in [0.3, 0.4) is 0 Å². The summed E-state index contributed by atoms with van der Waals surface area (Å²) in [7, 11) is 0. The van der Waals surface area contributed by atoms with Gasteiger partial charge >= 0.3 is 5.97 Å². The summed E-state index contributed by atoms with van der Waals surface area (Å²) >= 11 is 0. The number of hydrogen-bond donors (Lipinski definition) is 3. The summed E-state index contributed by atoms with van der Waals surface area (Å²) in [6, 6.07) is 5.04. The van der Waals surface area contributed by atoms with Crippen LogP contribution in [0.2, 0.25) is 0 Å². The van der Waals surface area contributed by atoms with E-state index < -0.39 is 5.97 Å². The van der Waals surface area contributed by atoms with Gasteiger partial charge in [0.15, 0.2) is 0 Å². The van der Waals surface area contributed by atoms with Gasteiger partial charge in [0.25, 0.3) is 0 Å². The third kappa shape index (κ3) is 2.05. The van der Waals surface area contributed by atoms with Gasteiger partial charge in [-0.2, -0.15) is 0 Å². The van der Waals surface area contributed by atoms with Crippen molar-refractivity contribution in [3.8, 4) is 0 Å². The van der Waals surface area contributed by atoms with E-state index in [1.54, 1.807) is 6.07 Å². The van der Waals surface area contributed by atoms with E-state index in [2.05, 4.69) is 10.6 Å². The largest absolute Gasteiger partial charge is 0.478 e. The number of nitrogens with one attached hydrogen (secondary N) is 2. The molecule has 1 saturated carbocycles. The predicted octanol–water partition coefficient (Wildman–Crippen LogP) is 2.45. The maximum absolute atomic E-state index is 12.0. The fraction of sp³-hybridized carbons (Fsp3) is 0.429. The second kappa shape index (κ2) is 4.26. The zero-order chi connectivity index (χ0) is 13.5. The number of para-hydroxylation sites is 1. The van der Waals surface area contributed by atoms with Gasteiger partial charge in [0, 0.05) is 12.0 Å². The summed E-state index contributed by atoms with van der Waals surface area (Å²) in [4.78, 5) is 23.3. The minimum absolute atomic E-state index is 0.109.